The second kappa shape index (κ2) is 9.44. The quantitative estimate of drug-likeness (QED) is 0.348. The molecule has 1 N–H and O–H groups in total. The van der Waals surface area contributed by atoms with E-state index in [1.54, 1.807) is 19.5 Å². The van der Waals surface area contributed by atoms with Crippen LogP contribution in [0.3, 0.4) is 0 Å². The number of rotatable bonds is 6. The number of nitrogens with zero attached hydrogens (tertiary/aromatic N) is 4. The molecule has 1 aliphatic heterocycles. The van der Waals surface area contributed by atoms with Gasteiger partial charge in [-0.3, -0.25) is 4.90 Å². The van der Waals surface area contributed by atoms with Gasteiger partial charge in [0.2, 0.25) is 0 Å². The van der Waals surface area contributed by atoms with E-state index < -0.39 is 0 Å². The Kier molecular flexibility index (Phi) is 6.83. The Labute approximate surface area is 202 Å². The van der Waals surface area contributed by atoms with Crippen LogP contribution in [0, 0.1) is 5.82 Å². The number of ether oxygens (including phenoxy) is 1. The first kappa shape index (κ1) is 23.1. The molecule has 1 aromatic heterocycles. The number of nitrogens with one attached hydrogen (secondary N) is 1. The van der Waals surface area contributed by atoms with E-state index in [0.717, 1.165) is 54.1 Å². The third-order valence-corrected chi connectivity index (χ3v) is 7.18. The summed E-state index contributed by atoms with van der Waals surface area (Å²) in [6.45, 7) is 8.59. The minimum atomic E-state index is -0.203. The Morgan fingerprint density at radius 3 is 2.56 bits per heavy atom. The first-order valence-corrected chi connectivity index (χ1v) is 12.2. The number of halogens is 2. The number of likely N-dealkylation sites (N-methyl/N-ethyl adjacent to an activating group) is 1. The summed E-state index contributed by atoms with van der Waals surface area (Å²) >= 11 is 2.16. The SMILES string of the molecule is COc1cc2c(Nc3ccc(F)c(CI)c3)ncnc2cc1C(C)(C)N1CCN(C)CC1. The number of hydrogen-bond donors (Lipinski definition) is 1. The van der Waals surface area contributed by atoms with E-state index >= 15 is 0 Å². The minimum Gasteiger partial charge on any atom is -0.496 e. The third kappa shape index (κ3) is 4.53. The molecule has 2 aromatic carbocycles. The van der Waals surface area contributed by atoms with Gasteiger partial charge in [-0.1, -0.05) is 22.6 Å². The van der Waals surface area contributed by atoms with Crippen LogP contribution in [-0.4, -0.2) is 60.1 Å². The standard InChI is InChI=1S/C24H29FIN5O/c1-24(2,31-9-7-30(3)8-10-31)19-13-21-18(12-22(19)32-4)23(28-15-27-21)29-17-5-6-20(25)16(11-17)14-26/h5-6,11-13,15H,7-10,14H2,1-4H3,(H,27,28,29). The zero-order valence-electron chi connectivity index (χ0n) is 19.0. The maximum absolute atomic E-state index is 13.9. The fourth-order valence-electron chi connectivity index (χ4n) is 4.26. The van der Waals surface area contributed by atoms with Crippen molar-refractivity contribution in [3.05, 3.63) is 53.6 Å². The van der Waals surface area contributed by atoms with Gasteiger partial charge in [0.05, 0.1) is 12.6 Å². The van der Waals surface area contributed by atoms with Crippen molar-refractivity contribution in [1.29, 1.82) is 0 Å². The maximum Gasteiger partial charge on any atom is 0.141 e. The summed E-state index contributed by atoms with van der Waals surface area (Å²) in [5.74, 6) is 1.28. The zero-order chi connectivity index (χ0) is 22.9. The Hall–Kier alpha value is -2.04. The average molecular weight is 549 g/mol. The molecule has 0 unspecified atom stereocenters. The molecular weight excluding hydrogens is 520 g/mol. The van der Waals surface area contributed by atoms with Crippen LogP contribution < -0.4 is 10.1 Å². The van der Waals surface area contributed by atoms with Crippen LogP contribution in [0.25, 0.3) is 10.9 Å². The van der Waals surface area contributed by atoms with Gasteiger partial charge < -0.3 is 15.0 Å². The van der Waals surface area contributed by atoms with E-state index in [9.17, 15) is 4.39 Å². The van der Waals surface area contributed by atoms with Crippen LogP contribution in [0.1, 0.15) is 25.0 Å². The van der Waals surface area contributed by atoms with Crippen LogP contribution in [0.2, 0.25) is 0 Å². The minimum absolute atomic E-state index is 0.199. The number of hydrogen-bond acceptors (Lipinski definition) is 6. The summed E-state index contributed by atoms with van der Waals surface area (Å²) in [5, 5.41) is 4.20. The Bertz CT molecular complexity index is 1110. The predicted molar refractivity (Wildman–Crippen MR) is 136 cm³/mol. The molecule has 32 heavy (non-hydrogen) atoms. The number of alkyl halides is 1. The molecule has 0 amide bonds. The van der Waals surface area contributed by atoms with Crippen LogP contribution >= 0.6 is 22.6 Å². The van der Waals surface area contributed by atoms with E-state index in [4.69, 9.17) is 4.74 Å². The van der Waals surface area contributed by atoms with Gasteiger partial charge in [-0.05, 0) is 56.8 Å². The molecule has 1 aliphatic rings. The van der Waals surface area contributed by atoms with Gasteiger partial charge in [0.25, 0.3) is 0 Å². The van der Waals surface area contributed by atoms with Gasteiger partial charge in [0.1, 0.15) is 23.7 Å². The average Bonchev–Trinajstić information content (AvgIpc) is 2.80. The van der Waals surface area contributed by atoms with Crippen molar-refractivity contribution in [3.8, 4) is 5.75 Å². The van der Waals surface area contributed by atoms with Crippen molar-refractivity contribution in [2.45, 2.75) is 23.8 Å². The fourth-order valence-corrected chi connectivity index (χ4v) is 4.84. The molecule has 3 aromatic rings. The molecule has 0 bridgehead atoms. The highest BCUT2D eigenvalue weighted by atomic mass is 127. The first-order valence-electron chi connectivity index (χ1n) is 10.7. The van der Waals surface area contributed by atoms with Crippen molar-refractivity contribution in [2.75, 3.05) is 45.7 Å². The lowest BCUT2D eigenvalue weighted by Gasteiger charge is -2.44. The Morgan fingerprint density at radius 2 is 1.88 bits per heavy atom. The highest BCUT2D eigenvalue weighted by Crippen LogP contribution is 2.39. The van der Waals surface area contributed by atoms with Crippen molar-refractivity contribution in [2.24, 2.45) is 0 Å². The summed E-state index contributed by atoms with van der Waals surface area (Å²) in [6.07, 6.45) is 1.56. The molecule has 4 rings (SSSR count). The molecule has 6 nitrogen and oxygen atoms in total. The van der Waals surface area contributed by atoms with Crippen LogP contribution in [0.15, 0.2) is 36.7 Å². The molecule has 2 heterocycles. The summed E-state index contributed by atoms with van der Waals surface area (Å²) < 4.78 is 20.3. The van der Waals surface area contributed by atoms with Crippen molar-refractivity contribution >= 4 is 45.0 Å². The van der Waals surface area contributed by atoms with E-state index in [-0.39, 0.29) is 11.4 Å². The number of fused-ring (bicyclic) bond motifs is 1. The molecule has 0 saturated carbocycles. The van der Waals surface area contributed by atoms with Crippen molar-refractivity contribution < 1.29 is 9.13 Å². The van der Waals surface area contributed by atoms with Gasteiger partial charge in [0.15, 0.2) is 0 Å². The molecule has 1 saturated heterocycles. The molecule has 170 valence electrons. The third-order valence-electron chi connectivity index (χ3n) is 6.36. The number of anilines is 2. The van der Waals surface area contributed by atoms with E-state index in [1.807, 2.05) is 12.1 Å². The van der Waals surface area contributed by atoms with Gasteiger partial charge >= 0.3 is 0 Å². The maximum atomic E-state index is 13.9. The number of piperazine rings is 1. The summed E-state index contributed by atoms with van der Waals surface area (Å²) in [7, 11) is 3.87. The van der Waals surface area contributed by atoms with Crippen LogP contribution in [0.4, 0.5) is 15.9 Å². The van der Waals surface area contributed by atoms with Gasteiger partial charge in [-0.2, -0.15) is 0 Å². The summed E-state index contributed by atoms with van der Waals surface area (Å²) in [5.41, 5.74) is 3.19. The Morgan fingerprint density at radius 1 is 1.12 bits per heavy atom. The second-order valence-electron chi connectivity index (χ2n) is 8.71. The molecule has 0 atom stereocenters. The first-order chi connectivity index (χ1) is 15.3. The molecule has 0 aliphatic carbocycles. The summed E-state index contributed by atoms with van der Waals surface area (Å²) in [6, 6.07) is 9.14. The van der Waals surface area contributed by atoms with E-state index in [0.29, 0.717) is 15.8 Å². The molecule has 0 spiro atoms. The zero-order valence-corrected chi connectivity index (χ0v) is 21.1. The Balaban J connectivity index is 1.73. The van der Waals surface area contributed by atoms with Gasteiger partial charge in [0, 0.05) is 52.8 Å². The van der Waals surface area contributed by atoms with Crippen LogP contribution in [0.5, 0.6) is 5.75 Å². The van der Waals surface area contributed by atoms with Crippen LogP contribution in [-0.2, 0) is 9.97 Å². The van der Waals surface area contributed by atoms with Crippen molar-refractivity contribution in [3.63, 3.8) is 0 Å². The number of benzene rings is 2. The highest BCUT2D eigenvalue weighted by molar-refractivity contribution is 14.1. The molecule has 8 heteroatoms. The summed E-state index contributed by atoms with van der Waals surface area (Å²) in [4.78, 5) is 13.9. The van der Waals surface area contributed by atoms with Gasteiger partial charge in [-0.15, -0.1) is 0 Å². The largest absolute Gasteiger partial charge is 0.496 e. The van der Waals surface area contributed by atoms with E-state index in [1.165, 1.54) is 6.07 Å². The van der Waals surface area contributed by atoms with E-state index in [2.05, 4.69) is 74.6 Å². The molecule has 0 radical (unpaired) electrons. The monoisotopic (exact) mass is 549 g/mol. The fraction of sp³-hybridized carbons (Fsp3) is 0.417. The predicted octanol–water partition coefficient (Wildman–Crippen LogP) is 4.94. The van der Waals surface area contributed by atoms with Gasteiger partial charge in [-0.25, -0.2) is 14.4 Å². The number of methoxy groups -OCH3 is 1. The van der Waals surface area contributed by atoms with Crippen molar-refractivity contribution in [1.82, 2.24) is 19.8 Å². The lowest BCUT2D eigenvalue weighted by atomic mass is 9.89. The lowest BCUT2D eigenvalue weighted by molar-refractivity contribution is 0.0591. The second-order valence-corrected chi connectivity index (χ2v) is 9.47. The molecular formula is C24H29FIN5O. The molecule has 1 fully saturated rings. The lowest BCUT2D eigenvalue weighted by Crippen LogP contribution is -2.52. The topological polar surface area (TPSA) is 53.5 Å². The normalized spacial score (nSPS) is 15.8. The smallest absolute Gasteiger partial charge is 0.141 e. The number of aromatic nitrogens is 2. The highest BCUT2D eigenvalue weighted by Gasteiger charge is 2.33.